The molecular weight excluding hydrogens is 422 g/mol. The van der Waals surface area contributed by atoms with E-state index in [1.807, 2.05) is 0 Å². The molecule has 0 radical (unpaired) electrons. The predicted octanol–water partition coefficient (Wildman–Crippen LogP) is 3.76. The van der Waals surface area contributed by atoms with Gasteiger partial charge in [-0.25, -0.2) is 4.79 Å². The van der Waals surface area contributed by atoms with Crippen LogP contribution in [0, 0.1) is 0 Å². The number of thiol groups is 1. The summed E-state index contributed by atoms with van der Waals surface area (Å²) in [6.07, 6.45) is -1.93. The van der Waals surface area contributed by atoms with Crippen LogP contribution in [0.5, 0.6) is 5.75 Å². The fraction of sp³-hybridized carbons (Fsp3) is 0.318. The first-order valence-corrected chi connectivity index (χ1v) is 10.1. The van der Waals surface area contributed by atoms with Crippen LogP contribution in [0.4, 0.5) is 10.5 Å². The Bertz CT molecular complexity index is 884. The van der Waals surface area contributed by atoms with Gasteiger partial charge in [0.2, 0.25) is 0 Å². The molecule has 0 spiro atoms. The molecule has 2 N–H and O–H groups in total. The Balaban J connectivity index is 2.13. The molecule has 0 saturated carbocycles. The van der Waals surface area contributed by atoms with E-state index < -0.39 is 24.3 Å². The number of phenolic OH excluding ortho intramolecular Hbond substituents is 1. The van der Waals surface area contributed by atoms with E-state index in [2.05, 4.69) is 17.9 Å². The van der Waals surface area contributed by atoms with E-state index >= 15 is 0 Å². The third-order valence-electron chi connectivity index (χ3n) is 4.43. The molecular formula is C22H25NO7S. The number of hydrogen-bond acceptors (Lipinski definition) is 8. The number of carbonyl (C=O) groups is 3. The Hall–Kier alpha value is -3.04. The molecule has 2 atom stereocenters. The second kappa shape index (κ2) is 12.0. The van der Waals surface area contributed by atoms with Crippen molar-refractivity contribution in [2.45, 2.75) is 25.6 Å². The molecule has 0 unspecified atom stereocenters. The van der Waals surface area contributed by atoms with Gasteiger partial charge in [-0.05, 0) is 48.9 Å². The molecule has 31 heavy (non-hydrogen) atoms. The lowest BCUT2D eigenvalue weighted by atomic mass is 10.0. The van der Waals surface area contributed by atoms with Crippen LogP contribution in [0.1, 0.15) is 35.4 Å². The van der Waals surface area contributed by atoms with Gasteiger partial charge in [0, 0.05) is 24.8 Å². The Labute approximate surface area is 185 Å². The van der Waals surface area contributed by atoms with Crippen LogP contribution < -0.4 is 5.32 Å². The standard InChI is InChI=1S/C22H25NO7S/c1-14(24)15-3-7-17(8-4-15)23-22(27)30-21(16-5-9-18(25)10-6-16)19(28-2)11-12-29-20(26)13-31/h3-10,19,21,25,31H,11-13H2,1-2H3,(H,23,27)/t19-,21-/m0/s1. The quantitative estimate of drug-likeness (QED) is 0.289. The average molecular weight is 448 g/mol. The van der Waals surface area contributed by atoms with E-state index in [9.17, 15) is 19.5 Å². The minimum atomic E-state index is -0.836. The van der Waals surface area contributed by atoms with Crippen LogP contribution in [0.25, 0.3) is 0 Å². The van der Waals surface area contributed by atoms with Crippen molar-refractivity contribution in [3.63, 3.8) is 0 Å². The average Bonchev–Trinajstić information content (AvgIpc) is 2.76. The van der Waals surface area contributed by atoms with Crippen LogP contribution in [-0.2, 0) is 19.0 Å². The Morgan fingerprint density at radius 2 is 1.71 bits per heavy atom. The van der Waals surface area contributed by atoms with E-state index in [1.165, 1.54) is 26.2 Å². The number of methoxy groups -OCH3 is 1. The van der Waals surface area contributed by atoms with Crippen molar-refractivity contribution in [2.75, 3.05) is 24.8 Å². The predicted molar refractivity (Wildman–Crippen MR) is 118 cm³/mol. The smallest absolute Gasteiger partial charge is 0.412 e. The molecule has 0 saturated heterocycles. The van der Waals surface area contributed by atoms with Gasteiger partial charge in [0.05, 0.1) is 12.4 Å². The van der Waals surface area contributed by atoms with Gasteiger partial charge in [-0.3, -0.25) is 14.9 Å². The van der Waals surface area contributed by atoms with E-state index in [4.69, 9.17) is 14.2 Å². The lowest BCUT2D eigenvalue weighted by molar-refractivity contribution is -0.141. The number of hydrogen-bond donors (Lipinski definition) is 3. The molecule has 2 rings (SSSR count). The van der Waals surface area contributed by atoms with E-state index in [1.54, 1.807) is 36.4 Å². The molecule has 0 heterocycles. The number of rotatable bonds is 10. The molecule has 8 nitrogen and oxygen atoms in total. The van der Waals surface area contributed by atoms with Gasteiger partial charge in [-0.1, -0.05) is 12.1 Å². The third kappa shape index (κ3) is 7.62. The Morgan fingerprint density at radius 1 is 1.06 bits per heavy atom. The summed E-state index contributed by atoms with van der Waals surface area (Å²) in [7, 11) is 1.46. The minimum Gasteiger partial charge on any atom is -0.508 e. The molecule has 0 aliphatic rings. The lowest BCUT2D eigenvalue weighted by Crippen LogP contribution is -2.29. The summed E-state index contributed by atoms with van der Waals surface area (Å²) in [4.78, 5) is 35.2. The number of phenols is 1. The van der Waals surface area contributed by atoms with Gasteiger partial charge in [0.25, 0.3) is 0 Å². The summed E-state index contributed by atoms with van der Waals surface area (Å²) < 4.78 is 16.1. The number of nitrogens with one attached hydrogen (secondary N) is 1. The molecule has 9 heteroatoms. The third-order valence-corrected chi connectivity index (χ3v) is 4.69. The van der Waals surface area contributed by atoms with Crippen molar-refractivity contribution in [2.24, 2.45) is 0 Å². The fourth-order valence-corrected chi connectivity index (χ4v) is 2.89. The normalized spacial score (nSPS) is 12.5. The molecule has 2 aromatic carbocycles. The van der Waals surface area contributed by atoms with Crippen LogP contribution in [0.15, 0.2) is 48.5 Å². The van der Waals surface area contributed by atoms with Crippen molar-refractivity contribution in [1.82, 2.24) is 0 Å². The number of benzene rings is 2. The second-order valence-corrected chi connectivity index (χ2v) is 6.93. The number of carbonyl (C=O) groups excluding carboxylic acids is 3. The molecule has 2 aromatic rings. The minimum absolute atomic E-state index is 0.0413. The number of ether oxygens (including phenoxy) is 3. The molecule has 0 aromatic heterocycles. The number of Topliss-reactive ketones (excluding diaryl/α,β-unsaturated/α-hetero) is 1. The van der Waals surface area contributed by atoms with E-state index in [-0.39, 0.29) is 30.3 Å². The highest BCUT2D eigenvalue weighted by molar-refractivity contribution is 7.81. The summed E-state index contributed by atoms with van der Waals surface area (Å²) in [5.74, 6) is -0.523. The van der Waals surface area contributed by atoms with Gasteiger partial charge in [0.15, 0.2) is 11.9 Å². The highest BCUT2D eigenvalue weighted by Crippen LogP contribution is 2.28. The maximum atomic E-state index is 12.5. The van der Waals surface area contributed by atoms with Crippen molar-refractivity contribution >= 4 is 36.2 Å². The lowest BCUT2D eigenvalue weighted by Gasteiger charge is -2.26. The highest BCUT2D eigenvalue weighted by Gasteiger charge is 2.27. The summed E-state index contributed by atoms with van der Waals surface area (Å²) in [6, 6.07) is 12.6. The van der Waals surface area contributed by atoms with E-state index in [0.717, 1.165) is 0 Å². The monoisotopic (exact) mass is 447 g/mol. The van der Waals surface area contributed by atoms with Crippen molar-refractivity contribution in [1.29, 1.82) is 0 Å². The van der Waals surface area contributed by atoms with Gasteiger partial charge < -0.3 is 19.3 Å². The van der Waals surface area contributed by atoms with E-state index in [0.29, 0.717) is 16.8 Å². The topological polar surface area (TPSA) is 111 Å². The Morgan fingerprint density at radius 3 is 2.26 bits per heavy atom. The van der Waals surface area contributed by atoms with Gasteiger partial charge in [-0.15, -0.1) is 0 Å². The molecule has 1 amide bonds. The maximum Gasteiger partial charge on any atom is 0.412 e. The van der Waals surface area contributed by atoms with Crippen LogP contribution in [-0.4, -0.2) is 48.5 Å². The second-order valence-electron chi connectivity index (χ2n) is 6.62. The zero-order valence-electron chi connectivity index (χ0n) is 17.2. The summed E-state index contributed by atoms with van der Waals surface area (Å²) >= 11 is 3.85. The molecule has 0 aliphatic heterocycles. The SMILES string of the molecule is CO[C@@H](CCOC(=O)CS)[C@@H](OC(=O)Nc1ccc(C(C)=O)cc1)c1ccc(O)cc1. The molecule has 0 aliphatic carbocycles. The van der Waals surface area contributed by atoms with Gasteiger partial charge >= 0.3 is 12.1 Å². The number of aromatic hydroxyl groups is 1. The first-order chi connectivity index (χ1) is 14.8. The van der Waals surface area contributed by atoms with Crippen LogP contribution >= 0.6 is 12.6 Å². The van der Waals surface area contributed by atoms with Gasteiger partial charge in [0.1, 0.15) is 11.9 Å². The number of ketones is 1. The molecule has 166 valence electrons. The largest absolute Gasteiger partial charge is 0.508 e. The molecule has 0 fully saturated rings. The van der Waals surface area contributed by atoms with Crippen LogP contribution in [0.3, 0.4) is 0 Å². The first-order valence-electron chi connectivity index (χ1n) is 9.51. The maximum absolute atomic E-state index is 12.5. The van der Waals surface area contributed by atoms with Crippen molar-refractivity contribution in [3.05, 3.63) is 59.7 Å². The first kappa shape index (κ1) is 24.2. The number of amides is 1. The summed E-state index contributed by atoms with van der Waals surface area (Å²) in [6.45, 7) is 1.52. The summed E-state index contributed by atoms with van der Waals surface area (Å²) in [5.41, 5.74) is 1.57. The summed E-state index contributed by atoms with van der Waals surface area (Å²) in [5, 5.41) is 12.2. The zero-order valence-corrected chi connectivity index (χ0v) is 18.1. The van der Waals surface area contributed by atoms with Crippen LogP contribution in [0.2, 0.25) is 0 Å². The number of esters is 1. The number of anilines is 1. The molecule has 0 bridgehead atoms. The van der Waals surface area contributed by atoms with Crippen molar-refractivity contribution < 1.29 is 33.7 Å². The fourth-order valence-electron chi connectivity index (χ4n) is 2.80. The van der Waals surface area contributed by atoms with Gasteiger partial charge in [-0.2, -0.15) is 12.6 Å². The zero-order chi connectivity index (χ0) is 22.8. The Kier molecular flexibility index (Phi) is 9.36. The highest BCUT2D eigenvalue weighted by atomic mass is 32.1. The van der Waals surface area contributed by atoms with Crippen molar-refractivity contribution in [3.8, 4) is 5.75 Å².